The number of amides is 1. The van der Waals surface area contributed by atoms with Gasteiger partial charge in [0.1, 0.15) is 34.3 Å². The van der Waals surface area contributed by atoms with Crippen LogP contribution in [0, 0.1) is 19.7 Å². The zero-order chi connectivity index (χ0) is 22.0. The fraction of sp³-hybridized carbons (Fsp3) is 0.0870. The zero-order valence-electron chi connectivity index (χ0n) is 16.6. The molecule has 2 heterocycles. The summed E-state index contributed by atoms with van der Waals surface area (Å²) in [6, 6.07) is 13.0. The number of carbonyl (C=O) groups is 1. The van der Waals surface area contributed by atoms with E-state index in [-0.39, 0.29) is 27.6 Å². The molecule has 0 aliphatic carbocycles. The van der Waals surface area contributed by atoms with Crippen LogP contribution in [0.15, 0.2) is 65.4 Å². The summed E-state index contributed by atoms with van der Waals surface area (Å²) in [5.41, 5.74) is 1.52. The second kappa shape index (κ2) is 8.57. The predicted molar refractivity (Wildman–Crippen MR) is 115 cm³/mol. The van der Waals surface area contributed by atoms with Gasteiger partial charge >= 0.3 is 0 Å². The van der Waals surface area contributed by atoms with Gasteiger partial charge in [0.15, 0.2) is 0 Å². The molecule has 0 bridgehead atoms. The SMILES string of the molecule is Cc1cc(NC(=O)c2c(-c3c(F)cccc3Cl)noc2C)ccc1Oc1cccnc1. The van der Waals surface area contributed by atoms with Crippen LogP contribution in [0.2, 0.25) is 5.02 Å². The lowest BCUT2D eigenvalue weighted by Gasteiger charge is -2.11. The van der Waals surface area contributed by atoms with Gasteiger partial charge in [0.2, 0.25) is 0 Å². The third-order valence-electron chi connectivity index (χ3n) is 4.58. The van der Waals surface area contributed by atoms with Crippen molar-refractivity contribution in [2.45, 2.75) is 13.8 Å². The Labute approximate surface area is 182 Å². The van der Waals surface area contributed by atoms with Gasteiger partial charge in [-0.25, -0.2) is 4.39 Å². The van der Waals surface area contributed by atoms with E-state index in [1.807, 2.05) is 6.92 Å². The van der Waals surface area contributed by atoms with Crippen LogP contribution in [0.3, 0.4) is 0 Å². The van der Waals surface area contributed by atoms with Gasteiger partial charge in [-0.2, -0.15) is 0 Å². The summed E-state index contributed by atoms with van der Waals surface area (Å²) in [6.45, 7) is 3.44. The Morgan fingerprint density at radius 1 is 1.16 bits per heavy atom. The summed E-state index contributed by atoms with van der Waals surface area (Å²) in [5, 5.41) is 6.79. The number of ether oxygens (including phenoxy) is 1. The van der Waals surface area contributed by atoms with Crippen LogP contribution in [0.1, 0.15) is 21.7 Å². The summed E-state index contributed by atoms with van der Waals surface area (Å²) < 4.78 is 25.3. The fourth-order valence-electron chi connectivity index (χ4n) is 3.10. The lowest BCUT2D eigenvalue weighted by molar-refractivity contribution is 0.102. The molecule has 0 aliphatic rings. The molecule has 0 atom stereocenters. The van der Waals surface area contributed by atoms with Crippen LogP contribution >= 0.6 is 11.6 Å². The highest BCUT2D eigenvalue weighted by Gasteiger charge is 2.25. The molecule has 0 unspecified atom stereocenters. The van der Waals surface area contributed by atoms with Crippen molar-refractivity contribution in [1.82, 2.24) is 10.1 Å². The molecule has 4 aromatic rings. The second-order valence-electron chi connectivity index (χ2n) is 6.78. The van der Waals surface area contributed by atoms with E-state index in [4.69, 9.17) is 20.9 Å². The van der Waals surface area contributed by atoms with Gasteiger partial charge in [0.05, 0.1) is 16.8 Å². The molecule has 31 heavy (non-hydrogen) atoms. The number of aromatic nitrogens is 2. The first-order valence-electron chi connectivity index (χ1n) is 9.34. The molecule has 2 aromatic carbocycles. The number of nitrogens with zero attached hydrogens (tertiary/aromatic N) is 2. The van der Waals surface area contributed by atoms with E-state index in [9.17, 15) is 9.18 Å². The van der Waals surface area contributed by atoms with Gasteiger partial charge in [-0.05, 0) is 61.9 Å². The first-order chi connectivity index (χ1) is 14.9. The van der Waals surface area contributed by atoms with Crippen LogP contribution in [-0.4, -0.2) is 16.0 Å². The largest absolute Gasteiger partial charge is 0.455 e. The number of hydrogen-bond acceptors (Lipinski definition) is 5. The maximum absolute atomic E-state index is 14.4. The highest BCUT2D eigenvalue weighted by atomic mass is 35.5. The summed E-state index contributed by atoms with van der Waals surface area (Å²) in [7, 11) is 0. The minimum absolute atomic E-state index is 0.0163. The van der Waals surface area contributed by atoms with E-state index in [0.29, 0.717) is 17.2 Å². The molecule has 4 rings (SSSR count). The van der Waals surface area contributed by atoms with Crippen LogP contribution in [-0.2, 0) is 0 Å². The molecule has 156 valence electrons. The molecule has 8 heteroatoms. The lowest BCUT2D eigenvalue weighted by Crippen LogP contribution is -2.14. The average molecular weight is 438 g/mol. The normalized spacial score (nSPS) is 10.7. The van der Waals surface area contributed by atoms with Crippen molar-refractivity contribution in [3.8, 4) is 22.8 Å². The number of rotatable bonds is 5. The quantitative estimate of drug-likeness (QED) is 0.402. The molecule has 0 radical (unpaired) electrons. The third-order valence-corrected chi connectivity index (χ3v) is 4.90. The standard InChI is InChI=1S/C23H17ClFN3O3/c1-13-11-15(8-9-19(13)30-16-5-4-10-26-12-16)27-23(29)20-14(2)31-28-22(20)21-17(24)6-3-7-18(21)25/h3-12H,1-2H3,(H,27,29). The molecule has 0 fully saturated rings. The Balaban J connectivity index is 1.60. The number of benzene rings is 2. The monoisotopic (exact) mass is 437 g/mol. The van der Waals surface area contributed by atoms with Crippen molar-refractivity contribution in [3.63, 3.8) is 0 Å². The maximum Gasteiger partial charge on any atom is 0.261 e. The van der Waals surface area contributed by atoms with Gasteiger partial charge in [-0.3, -0.25) is 9.78 Å². The minimum Gasteiger partial charge on any atom is -0.455 e. The van der Waals surface area contributed by atoms with E-state index < -0.39 is 11.7 Å². The summed E-state index contributed by atoms with van der Waals surface area (Å²) in [6.07, 6.45) is 3.27. The molecule has 1 amide bonds. The molecule has 0 aliphatic heterocycles. The number of carbonyl (C=O) groups excluding carboxylic acids is 1. The number of hydrogen-bond donors (Lipinski definition) is 1. The number of anilines is 1. The second-order valence-corrected chi connectivity index (χ2v) is 7.19. The first kappa shape index (κ1) is 20.6. The van der Waals surface area contributed by atoms with Gasteiger partial charge in [0.25, 0.3) is 5.91 Å². The van der Waals surface area contributed by atoms with E-state index in [2.05, 4.69) is 15.5 Å². The van der Waals surface area contributed by atoms with Crippen molar-refractivity contribution >= 4 is 23.2 Å². The maximum atomic E-state index is 14.4. The van der Waals surface area contributed by atoms with E-state index in [1.54, 1.807) is 49.6 Å². The minimum atomic E-state index is -0.595. The molecular weight excluding hydrogens is 421 g/mol. The van der Waals surface area contributed by atoms with Crippen molar-refractivity contribution in [1.29, 1.82) is 0 Å². The number of pyridine rings is 1. The van der Waals surface area contributed by atoms with Gasteiger partial charge in [0, 0.05) is 11.9 Å². The number of nitrogens with one attached hydrogen (secondary N) is 1. The summed E-state index contributed by atoms with van der Waals surface area (Å²) in [4.78, 5) is 17.0. The van der Waals surface area contributed by atoms with E-state index in [1.165, 1.54) is 18.2 Å². The van der Waals surface area contributed by atoms with Crippen molar-refractivity contribution in [3.05, 3.63) is 88.7 Å². The smallest absolute Gasteiger partial charge is 0.261 e. The number of halogens is 2. The first-order valence-corrected chi connectivity index (χ1v) is 9.72. The van der Waals surface area contributed by atoms with Crippen molar-refractivity contribution in [2.24, 2.45) is 0 Å². The molecular formula is C23H17ClFN3O3. The van der Waals surface area contributed by atoms with Crippen molar-refractivity contribution in [2.75, 3.05) is 5.32 Å². The van der Waals surface area contributed by atoms with Crippen LogP contribution in [0.4, 0.5) is 10.1 Å². The van der Waals surface area contributed by atoms with Gasteiger partial charge in [-0.1, -0.05) is 22.8 Å². The Bertz CT molecular complexity index is 1240. The average Bonchev–Trinajstić information content (AvgIpc) is 3.12. The molecule has 2 aromatic heterocycles. The van der Waals surface area contributed by atoms with Crippen LogP contribution in [0.5, 0.6) is 11.5 Å². The van der Waals surface area contributed by atoms with Crippen LogP contribution < -0.4 is 10.1 Å². The molecule has 0 spiro atoms. The highest BCUT2D eigenvalue weighted by Crippen LogP contribution is 2.34. The van der Waals surface area contributed by atoms with Crippen molar-refractivity contribution < 1.29 is 18.4 Å². The topological polar surface area (TPSA) is 77.2 Å². The third kappa shape index (κ3) is 4.27. The Morgan fingerprint density at radius 3 is 2.71 bits per heavy atom. The summed E-state index contributed by atoms with van der Waals surface area (Å²) >= 11 is 6.14. The molecule has 6 nitrogen and oxygen atoms in total. The summed E-state index contributed by atoms with van der Waals surface area (Å²) in [5.74, 6) is 0.399. The van der Waals surface area contributed by atoms with Gasteiger partial charge in [-0.15, -0.1) is 0 Å². The van der Waals surface area contributed by atoms with E-state index in [0.717, 1.165) is 5.56 Å². The van der Waals surface area contributed by atoms with Crippen LogP contribution in [0.25, 0.3) is 11.3 Å². The predicted octanol–water partition coefficient (Wildman–Crippen LogP) is 6.19. The Morgan fingerprint density at radius 2 is 2.00 bits per heavy atom. The lowest BCUT2D eigenvalue weighted by atomic mass is 10.0. The zero-order valence-corrected chi connectivity index (χ0v) is 17.4. The molecule has 0 saturated carbocycles. The highest BCUT2D eigenvalue weighted by molar-refractivity contribution is 6.33. The molecule has 0 saturated heterocycles. The molecule has 1 N–H and O–H groups in total. The van der Waals surface area contributed by atoms with E-state index >= 15 is 0 Å². The fourth-order valence-corrected chi connectivity index (χ4v) is 3.36. The Hall–Kier alpha value is -3.71. The number of aryl methyl sites for hydroxylation is 2. The Kier molecular flexibility index (Phi) is 5.68. The van der Waals surface area contributed by atoms with Gasteiger partial charge < -0.3 is 14.6 Å².